The molecule has 0 aromatic heterocycles. The van der Waals surface area contributed by atoms with Gasteiger partial charge in [-0.05, 0) is 42.2 Å². The molecule has 3 rings (SSSR count). The first-order valence-corrected chi connectivity index (χ1v) is 10.8. The Kier molecular flexibility index (Phi) is 5.39. The minimum absolute atomic E-state index is 0.0169. The Balaban J connectivity index is 2.01. The molecule has 0 fully saturated rings. The van der Waals surface area contributed by atoms with Crippen LogP contribution < -0.4 is 0 Å². The zero-order valence-corrected chi connectivity index (χ0v) is 16.5. The molecule has 1 amide bonds. The van der Waals surface area contributed by atoms with Crippen molar-refractivity contribution in [2.24, 2.45) is 0 Å². The maximum absolute atomic E-state index is 13.2. The lowest BCUT2D eigenvalue weighted by molar-refractivity contribution is 0.0655. The molecule has 0 saturated carbocycles. The van der Waals surface area contributed by atoms with Gasteiger partial charge < -0.3 is 4.90 Å². The molecule has 2 aromatic rings. The highest BCUT2D eigenvalue weighted by molar-refractivity contribution is 7.91. The predicted octanol–water partition coefficient (Wildman–Crippen LogP) is 4.28. The summed E-state index contributed by atoms with van der Waals surface area (Å²) < 4.78 is 24.4. The van der Waals surface area contributed by atoms with Crippen molar-refractivity contribution in [3.05, 3.63) is 64.2 Å². The Labute approximate surface area is 159 Å². The van der Waals surface area contributed by atoms with Gasteiger partial charge in [0.25, 0.3) is 5.91 Å². The third kappa shape index (κ3) is 3.38. The summed E-state index contributed by atoms with van der Waals surface area (Å²) in [6, 6.07) is 12.5. The van der Waals surface area contributed by atoms with Crippen LogP contribution in [0.2, 0.25) is 5.02 Å². The first-order chi connectivity index (χ1) is 12.4. The second-order valence-corrected chi connectivity index (χ2v) is 9.10. The molecule has 1 aliphatic heterocycles. The van der Waals surface area contributed by atoms with E-state index >= 15 is 0 Å². The van der Waals surface area contributed by atoms with Gasteiger partial charge in [0.05, 0.1) is 27.3 Å². The van der Waals surface area contributed by atoms with Crippen molar-refractivity contribution in [2.75, 3.05) is 12.3 Å². The van der Waals surface area contributed by atoms with Crippen LogP contribution in [0.15, 0.2) is 47.4 Å². The molecule has 6 heteroatoms. The summed E-state index contributed by atoms with van der Waals surface area (Å²) in [6.45, 7) is 4.22. The molecule has 1 aliphatic rings. The smallest absolute Gasteiger partial charge is 0.255 e. The lowest BCUT2D eigenvalue weighted by Crippen LogP contribution is -2.40. The SMILES string of the molecule is CCC1c2ccccc2CCN1C(=O)c1cc(S(=O)(=O)CC)ccc1Cl. The van der Waals surface area contributed by atoms with Gasteiger partial charge in [-0.25, -0.2) is 8.42 Å². The van der Waals surface area contributed by atoms with Crippen molar-refractivity contribution in [1.82, 2.24) is 4.90 Å². The van der Waals surface area contributed by atoms with E-state index in [0.29, 0.717) is 6.54 Å². The maximum Gasteiger partial charge on any atom is 0.255 e. The molecule has 0 saturated heterocycles. The molecular weight excluding hydrogens is 370 g/mol. The molecule has 0 N–H and O–H groups in total. The Hall–Kier alpha value is -1.85. The topological polar surface area (TPSA) is 54.5 Å². The second kappa shape index (κ2) is 7.41. The Bertz CT molecular complexity index is 940. The summed E-state index contributed by atoms with van der Waals surface area (Å²) in [6.07, 6.45) is 1.57. The Morgan fingerprint density at radius 2 is 1.92 bits per heavy atom. The van der Waals surface area contributed by atoms with Gasteiger partial charge in [-0.2, -0.15) is 0 Å². The number of sulfone groups is 1. The summed E-state index contributed by atoms with van der Waals surface area (Å²) in [5, 5.41) is 0.277. The predicted molar refractivity (Wildman–Crippen MR) is 103 cm³/mol. The van der Waals surface area contributed by atoms with Crippen molar-refractivity contribution in [2.45, 2.75) is 37.6 Å². The molecule has 1 atom stereocenters. The van der Waals surface area contributed by atoms with Crippen LogP contribution in [0, 0.1) is 0 Å². The van der Waals surface area contributed by atoms with E-state index in [1.165, 1.54) is 23.8 Å². The number of rotatable bonds is 4. The van der Waals surface area contributed by atoms with Crippen LogP contribution in [0.3, 0.4) is 0 Å². The van der Waals surface area contributed by atoms with E-state index in [-0.39, 0.29) is 33.2 Å². The van der Waals surface area contributed by atoms with E-state index < -0.39 is 9.84 Å². The molecule has 0 radical (unpaired) electrons. The highest BCUT2D eigenvalue weighted by atomic mass is 35.5. The minimum atomic E-state index is -3.40. The number of hydrogen-bond donors (Lipinski definition) is 0. The Morgan fingerprint density at radius 1 is 1.19 bits per heavy atom. The van der Waals surface area contributed by atoms with Crippen LogP contribution in [0.25, 0.3) is 0 Å². The third-order valence-electron chi connectivity index (χ3n) is 4.97. The van der Waals surface area contributed by atoms with Gasteiger partial charge in [0, 0.05) is 6.54 Å². The summed E-state index contributed by atoms with van der Waals surface area (Å²) >= 11 is 6.25. The number of nitrogens with zero attached hydrogens (tertiary/aromatic N) is 1. The first kappa shape index (κ1) is 18.9. The normalized spacial score (nSPS) is 17.0. The molecule has 0 bridgehead atoms. The molecule has 0 spiro atoms. The molecule has 0 aliphatic carbocycles. The summed E-state index contributed by atoms with van der Waals surface area (Å²) in [5.41, 5.74) is 2.67. The molecule has 26 heavy (non-hydrogen) atoms. The van der Waals surface area contributed by atoms with Gasteiger partial charge in [0.15, 0.2) is 9.84 Å². The van der Waals surface area contributed by atoms with Crippen LogP contribution in [-0.4, -0.2) is 31.5 Å². The van der Waals surface area contributed by atoms with Gasteiger partial charge >= 0.3 is 0 Å². The van der Waals surface area contributed by atoms with Crippen LogP contribution in [-0.2, 0) is 16.3 Å². The number of fused-ring (bicyclic) bond motifs is 1. The number of hydrogen-bond acceptors (Lipinski definition) is 3. The molecule has 138 valence electrons. The van der Waals surface area contributed by atoms with E-state index in [4.69, 9.17) is 11.6 Å². The van der Waals surface area contributed by atoms with Crippen LogP contribution in [0.5, 0.6) is 0 Å². The fourth-order valence-electron chi connectivity index (χ4n) is 3.52. The van der Waals surface area contributed by atoms with Crippen LogP contribution in [0.4, 0.5) is 0 Å². The number of carbonyl (C=O) groups is 1. The van der Waals surface area contributed by atoms with E-state index in [2.05, 4.69) is 12.1 Å². The van der Waals surface area contributed by atoms with E-state index in [9.17, 15) is 13.2 Å². The fourth-order valence-corrected chi connectivity index (χ4v) is 4.62. The highest BCUT2D eigenvalue weighted by Crippen LogP contribution is 2.34. The lowest BCUT2D eigenvalue weighted by atomic mass is 9.90. The second-order valence-electron chi connectivity index (χ2n) is 6.42. The number of amides is 1. The monoisotopic (exact) mass is 391 g/mol. The zero-order chi connectivity index (χ0) is 18.9. The summed E-state index contributed by atoms with van der Waals surface area (Å²) in [4.78, 5) is 15.2. The van der Waals surface area contributed by atoms with Gasteiger partial charge in [0.2, 0.25) is 0 Å². The van der Waals surface area contributed by atoms with Crippen molar-refractivity contribution in [3.63, 3.8) is 0 Å². The molecule has 2 aromatic carbocycles. The number of benzene rings is 2. The van der Waals surface area contributed by atoms with Crippen LogP contribution in [0.1, 0.15) is 47.8 Å². The van der Waals surface area contributed by atoms with E-state index in [1.807, 2.05) is 24.0 Å². The van der Waals surface area contributed by atoms with Crippen molar-refractivity contribution in [3.8, 4) is 0 Å². The zero-order valence-electron chi connectivity index (χ0n) is 14.9. The Morgan fingerprint density at radius 3 is 2.62 bits per heavy atom. The minimum Gasteiger partial charge on any atom is -0.331 e. The first-order valence-electron chi connectivity index (χ1n) is 8.80. The standard InChI is InChI=1S/C20H22ClNO3S/c1-3-19-16-8-6-5-7-14(16)11-12-22(19)20(23)17-13-15(9-10-18(17)21)26(24,25)4-2/h5-10,13,19H,3-4,11-12H2,1-2H3. The number of halogens is 1. The average Bonchev–Trinajstić information content (AvgIpc) is 2.66. The molecule has 4 nitrogen and oxygen atoms in total. The van der Waals surface area contributed by atoms with Crippen molar-refractivity contribution >= 4 is 27.3 Å². The highest BCUT2D eigenvalue weighted by Gasteiger charge is 2.31. The number of carbonyl (C=O) groups excluding carboxylic acids is 1. The largest absolute Gasteiger partial charge is 0.331 e. The molecular formula is C20H22ClNO3S. The van der Waals surface area contributed by atoms with Gasteiger partial charge in [0.1, 0.15) is 0 Å². The van der Waals surface area contributed by atoms with E-state index in [0.717, 1.165) is 18.4 Å². The maximum atomic E-state index is 13.2. The summed E-state index contributed by atoms with van der Waals surface area (Å²) in [7, 11) is -3.40. The fraction of sp³-hybridized carbons (Fsp3) is 0.350. The van der Waals surface area contributed by atoms with Crippen molar-refractivity contribution < 1.29 is 13.2 Å². The van der Waals surface area contributed by atoms with Gasteiger partial charge in [-0.15, -0.1) is 0 Å². The average molecular weight is 392 g/mol. The van der Waals surface area contributed by atoms with E-state index in [1.54, 1.807) is 6.92 Å². The lowest BCUT2D eigenvalue weighted by Gasteiger charge is -2.37. The summed E-state index contributed by atoms with van der Waals surface area (Å²) in [5.74, 6) is -0.235. The van der Waals surface area contributed by atoms with Gasteiger partial charge in [-0.1, -0.05) is 49.7 Å². The quantitative estimate of drug-likeness (QED) is 0.781. The van der Waals surface area contributed by atoms with Crippen molar-refractivity contribution in [1.29, 1.82) is 0 Å². The molecule has 1 heterocycles. The third-order valence-corrected chi connectivity index (χ3v) is 7.03. The van der Waals surface area contributed by atoms with Crippen LogP contribution >= 0.6 is 11.6 Å². The molecule has 1 unspecified atom stereocenters. The van der Waals surface area contributed by atoms with Gasteiger partial charge in [-0.3, -0.25) is 4.79 Å².